The maximum absolute atomic E-state index is 13.2. The molecule has 0 amide bonds. The summed E-state index contributed by atoms with van der Waals surface area (Å²) in [5.74, 6) is 0.980. The molecule has 7 heteroatoms. The molecule has 0 aliphatic carbocycles. The first kappa shape index (κ1) is 21.8. The molecule has 2 N–H and O–H groups in total. The summed E-state index contributed by atoms with van der Waals surface area (Å²) in [5, 5.41) is 9.80. The zero-order chi connectivity index (χ0) is 17.4. The molecule has 138 valence electrons. The van der Waals surface area contributed by atoms with E-state index in [-0.39, 0.29) is 29.8 Å². The Kier molecular flexibility index (Phi) is 9.96. The molecule has 0 atom stereocenters. The lowest BCUT2D eigenvalue weighted by molar-refractivity contribution is 0.625. The third-order valence-corrected chi connectivity index (χ3v) is 4.58. The highest BCUT2D eigenvalue weighted by Gasteiger charge is 2.06. The summed E-state index contributed by atoms with van der Waals surface area (Å²) in [6.45, 7) is 8.32. The second kappa shape index (κ2) is 11.4. The van der Waals surface area contributed by atoms with E-state index in [1.54, 1.807) is 17.4 Å². The summed E-state index contributed by atoms with van der Waals surface area (Å²) in [6.07, 6.45) is 0.855. The summed E-state index contributed by atoms with van der Waals surface area (Å²) >= 11 is 1.72. The van der Waals surface area contributed by atoms with E-state index in [9.17, 15) is 4.39 Å². The minimum absolute atomic E-state index is 0. The van der Waals surface area contributed by atoms with E-state index in [4.69, 9.17) is 0 Å². The molecule has 25 heavy (non-hydrogen) atoms. The van der Waals surface area contributed by atoms with Crippen LogP contribution >= 0.6 is 35.3 Å². The summed E-state index contributed by atoms with van der Waals surface area (Å²) in [4.78, 5) is 9.13. The number of rotatable bonds is 7. The first-order valence-corrected chi connectivity index (χ1v) is 9.17. The van der Waals surface area contributed by atoms with Gasteiger partial charge >= 0.3 is 0 Å². The van der Waals surface area contributed by atoms with Gasteiger partial charge in [-0.15, -0.1) is 35.3 Å². The fourth-order valence-corrected chi connectivity index (χ4v) is 3.03. The fraction of sp³-hybridized carbons (Fsp3) is 0.444. The molecule has 1 aromatic carbocycles. The molecule has 0 aliphatic rings. The van der Waals surface area contributed by atoms with E-state index in [1.807, 2.05) is 13.0 Å². The standard InChI is InChI=1S/C18H25FN4S.HI/c1-4-20-18(22-11-14-6-5-7-15(19)10-14)21-9-8-16-12-24-17(23-16)13(2)3;/h5-7,10,12-13H,4,8-9,11H2,1-3H3,(H2,20,21,22);1H. The third kappa shape index (κ3) is 7.68. The highest BCUT2D eigenvalue weighted by molar-refractivity contribution is 14.0. The van der Waals surface area contributed by atoms with Crippen molar-refractivity contribution in [3.63, 3.8) is 0 Å². The number of nitrogens with zero attached hydrogens (tertiary/aromatic N) is 2. The monoisotopic (exact) mass is 476 g/mol. The summed E-state index contributed by atoms with van der Waals surface area (Å²) < 4.78 is 13.2. The fourth-order valence-electron chi connectivity index (χ4n) is 2.16. The van der Waals surface area contributed by atoms with Crippen LogP contribution in [0.1, 0.15) is 43.0 Å². The van der Waals surface area contributed by atoms with Gasteiger partial charge in [0, 0.05) is 30.8 Å². The number of aromatic nitrogens is 1. The number of guanidine groups is 1. The molecular weight excluding hydrogens is 450 g/mol. The van der Waals surface area contributed by atoms with Gasteiger partial charge < -0.3 is 10.6 Å². The van der Waals surface area contributed by atoms with Crippen LogP contribution in [0.2, 0.25) is 0 Å². The zero-order valence-corrected chi connectivity index (χ0v) is 18.0. The average molecular weight is 476 g/mol. The van der Waals surface area contributed by atoms with Crippen molar-refractivity contribution in [3.8, 4) is 0 Å². The Labute approximate surface area is 170 Å². The van der Waals surface area contributed by atoms with Gasteiger partial charge in [0.1, 0.15) is 5.82 Å². The first-order chi connectivity index (χ1) is 11.6. The van der Waals surface area contributed by atoms with Gasteiger partial charge in [0.15, 0.2) is 5.96 Å². The van der Waals surface area contributed by atoms with Crippen LogP contribution in [-0.4, -0.2) is 24.0 Å². The van der Waals surface area contributed by atoms with Crippen molar-refractivity contribution < 1.29 is 4.39 Å². The Morgan fingerprint density at radius 1 is 1.32 bits per heavy atom. The minimum Gasteiger partial charge on any atom is -0.357 e. The number of aliphatic imine (C=N–C) groups is 1. The Morgan fingerprint density at radius 2 is 2.12 bits per heavy atom. The van der Waals surface area contributed by atoms with Gasteiger partial charge in [-0.3, -0.25) is 0 Å². The Bertz CT molecular complexity index is 673. The second-order valence-corrected chi connectivity index (χ2v) is 6.72. The largest absolute Gasteiger partial charge is 0.357 e. The molecule has 4 nitrogen and oxygen atoms in total. The highest BCUT2D eigenvalue weighted by Crippen LogP contribution is 2.19. The first-order valence-electron chi connectivity index (χ1n) is 8.29. The zero-order valence-electron chi connectivity index (χ0n) is 14.9. The Hall–Kier alpha value is -1.22. The molecule has 0 unspecified atom stereocenters. The van der Waals surface area contributed by atoms with Crippen LogP contribution in [0, 0.1) is 5.82 Å². The second-order valence-electron chi connectivity index (χ2n) is 5.83. The van der Waals surface area contributed by atoms with Gasteiger partial charge in [-0.2, -0.15) is 0 Å². The van der Waals surface area contributed by atoms with E-state index in [1.165, 1.54) is 17.1 Å². The molecule has 0 aliphatic heterocycles. The van der Waals surface area contributed by atoms with Gasteiger partial charge in [-0.25, -0.2) is 14.4 Å². The van der Waals surface area contributed by atoms with E-state index in [0.717, 1.165) is 36.7 Å². The predicted octanol–water partition coefficient (Wildman–Crippen LogP) is 4.32. The Morgan fingerprint density at radius 3 is 2.76 bits per heavy atom. The molecule has 1 aromatic heterocycles. The van der Waals surface area contributed by atoms with Crippen LogP contribution in [0.3, 0.4) is 0 Å². The molecule has 0 saturated carbocycles. The molecule has 0 saturated heterocycles. The van der Waals surface area contributed by atoms with E-state index >= 15 is 0 Å². The van der Waals surface area contributed by atoms with Crippen molar-refractivity contribution in [2.24, 2.45) is 4.99 Å². The number of benzene rings is 1. The number of thiazole rings is 1. The van der Waals surface area contributed by atoms with Crippen LogP contribution in [0.25, 0.3) is 0 Å². The van der Waals surface area contributed by atoms with Crippen molar-refractivity contribution in [1.82, 2.24) is 15.6 Å². The smallest absolute Gasteiger partial charge is 0.191 e. The lowest BCUT2D eigenvalue weighted by Crippen LogP contribution is -2.38. The Balaban J connectivity index is 0.00000312. The SMILES string of the molecule is CCNC(=NCc1cccc(F)c1)NCCc1csc(C(C)C)n1.I. The molecule has 2 rings (SSSR count). The van der Waals surface area contributed by atoms with E-state index < -0.39 is 0 Å². The molecule has 0 bridgehead atoms. The van der Waals surface area contributed by atoms with Crippen molar-refractivity contribution >= 4 is 41.3 Å². The van der Waals surface area contributed by atoms with Crippen molar-refractivity contribution in [1.29, 1.82) is 0 Å². The van der Waals surface area contributed by atoms with Crippen molar-refractivity contribution in [2.75, 3.05) is 13.1 Å². The van der Waals surface area contributed by atoms with Crippen molar-refractivity contribution in [3.05, 3.63) is 51.7 Å². The number of hydrogen-bond acceptors (Lipinski definition) is 3. The lowest BCUT2D eigenvalue weighted by atomic mass is 10.2. The van der Waals surface area contributed by atoms with Crippen LogP contribution in [0.4, 0.5) is 4.39 Å². The average Bonchev–Trinajstić information content (AvgIpc) is 3.02. The molecule has 0 spiro atoms. The van der Waals surface area contributed by atoms with Gasteiger partial charge in [0.05, 0.1) is 17.2 Å². The maximum atomic E-state index is 13.2. The quantitative estimate of drug-likeness (QED) is 0.356. The number of nitrogens with one attached hydrogen (secondary N) is 2. The van der Waals surface area contributed by atoms with Crippen LogP contribution in [0.5, 0.6) is 0 Å². The van der Waals surface area contributed by atoms with Gasteiger partial charge in [-0.05, 0) is 24.6 Å². The van der Waals surface area contributed by atoms with Crippen LogP contribution < -0.4 is 10.6 Å². The number of hydrogen-bond donors (Lipinski definition) is 2. The summed E-state index contributed by atoms with van der Waals surface area (Å²) in [6, 6.07) is 6.53. The van der Waals surface area contributed by atoms with Gasteiger partial charge in [0.2, 0.25) is 0 Å². The van der Waals surface area contributed by atoms with E-state index in [2.05, 4.69) is 39.8 Å². The predicted molar refractivity (Wildman–Crippen MR) is 115 cm³/mol. The summed E-state index contributed by atoms with van der Waals surface area (Å²) in [7, 11) is 0. The topological polar surface area (TPSA) is 49.3 Å². The molecule has 2 aromatic rings. The molecule has 1 heterocycles. The normalized spacial score (nSPS) is 11.3. The van der Waals surface area contributed by atoms with Crippen LogP contribution in [0.15, 0.2) is 34.6 Å². The lowest BCUT2D eigenvalue weighted by Gasteiger charge is -2.10. The van der Waals surface area contributed by atoms with E-state index in [0.29, 0.717) is 12.5 Å². The molecular formula is C18H26FIN4S. The van der Waals surface area contributed by atoms with Crippen LogP contribution in [-0.2, 0) is 13.0 Å². The molecule has 0 radical (unpaired) electrons. The van der Waals surface area contributed by atoms with Crippen molar-refractivity contribution in [2.45, 2.75) is 39.7 Å². The highest BCUT2D eigenvalue weighted by atomic mass is 127. The third-order valence-electron chi connectivity index (χ3n) is 3.39. The minimum atomic E-state index is -0.231. The maximum Gasteiger partial charge on any atom is 0.191 e. The van der Waals surface area contributed by atoms with Gasteiger partial charge in [-0.1, -0.05) is 26.0 Å². The summed E-state index contributed by atoms with van der Waals surface area (Å²) in [5.41, 5.74) is 1.96. The number of halogens is 2. The molecule has 0 fully saturated rings. The van der Waals surface area contributed by atoms with Gasteiger partial charge in [0.25, 0.3) is 0 Å².